The van der Waals surface area contributed by atoms with E-state index in [9.17, 15) is 24.4 Å². The van der Waals surface area contributed by atoms with Gasteiger partial charge in [-0.25, -0.2) is 4.79 Å². The summed E-state index contributed by atoms with van der Waals surface area (Å²) in [4.78, 5) is 23.3. The lowest BCUT2D eigenvalue weighted by Crippen LogP contribution is -2.37. The van der Waals surface area contributed by atoms with Gasteiger partial charge < -0.3 is 24.2 Å². The van der Waals surface area contributed by atoms with E-state index in [-0.39, 0.29) is 0 Å². The average molecular weight is 384 g/mol. The molecular weight excluding hydrogens is 360 g/mol. The van der Waals surface area contributed by atoms with Gasteiger partial charge in [-0.2, -0.15) is 0 Å². The second-order valence-electron chi connectivity index (χ2n) is 6.67. The van der Waals surface area contributed by atoms with Crippen molar-refractivity contribution in [2.24, 2.45) is 5.92 Å². The Labute approximate surface area is 154 Å². The molecule has 4 unspecified atom stereocenters. The zero-order valence-electron chi connectivity index (χ0n) is 14.9. The highest BCUT2D eigenvalue weighted by atomic mass is 32.2. The Morgan fingerprint density at radius 1 is 1.27 bits per heavy atom. The van der Waals surface area contributed by atoms with E-state index in [0.717, 1.165) is 12.0 Å². The zero-order valence-corrected chi connectivity index (χ0v) is 15.7. The highest BCUT2D eigenvalue weighted by molar-refractivity contribution is 8.23. The molecule has 0 aromatic heterocycles. The number of hydrogen-bond donors (Lipinski definition) is 3. The fourth-order valence-corrected chi connectivity index (χ4v) is 3.36. The largest absolute Gasteiger partial charge is 0.462 e. The molecule has 0 amide bonds. The molecule has 4 atom stereocenters. The standard InChI is InChI=1S/C18H24O7S/c1-10(2)8-12-4-6-13(7-5-12)11(3)16(20)24-9-14(19)15-17(21)26(23)18(22)25-15/h4-7,10-11,14-15,19,21,23H,8-9H2,1-3H3. The molecule has 8 heteroatoms. The number of hydrogen-bond acceptors (Lipinski definition) is 6. The van der Waals surface area contributed by atoms with Gasteiger partial charge in [0.2, 0.25) is 0 Å². The quantitative estimate of drug-likeness (QED) is 0.489. The smallest absolute Gasteiger partial charge is 0.389 e. The lowest BCUT2D eigenvalue weighted by Gasteiger charge is -2.19. The Balaban J connectivity index is 1.90. The van der Waals surface area contributed by atoms with Crippen molar-refractivity contribution in [3.05, 3.63) is 35.4 Å². The summed E-state index contributed by atoms with van der Waals surface area (Å²) in [6.07, 6.45) is -1.89. The SMILES string of the molecule is CC(C)Cc1ccc(C(C)C(=O)OCC(O)C2OC(=O)S(O)=C2O)cc1. The van der Waals surface area contributed by atoms with Crippen LogP contribution in [0.25, 0.3) is 0 Å². The topological polar surface area (TPSA) is 113 Å². The maximum Gasteiger partial charge on any atom is 0.389 e. The van der Waals surface area contributed by atoms with Crippen LogP contribution in [0.2, 0.25) is 0 Å². The van der Waals surface area contributed by atoms with Gasteiger partial charge in [0, 0.05) is 0 Å². The number of aliphatic hydroxyl groups excluding tert-OH is 2. The zero-order chi connectivity index (χ0) is 19.4. The summed E-state index contributed by atoms with van der Waals surface area (Å²) in [7, 11) is -2.06. The summed E-state index contributed by atoms with van der Waals surface area (Å²) in [6.45, 7) is 5.50. The van der Waals surface area contributed by atoms with Crippen LogP contribution >= 0.6 is 10.8 Å². The number of ether oxygens (including phenoxy) is 2. The Kier molecular flexibility index (Phi) is 6.94. The summed E-state index contributed by atoms with van der Waals surface area (Å²) in [5.41, 5.74) is 1.98. The highest BCUT2D eigenvalue weighted by Crippen LogP contribution is 2.26. The maximum absolute atomic E-state index is 12.2. The van der Waals surface area contributed by atoms with Gasteiger partial charge in [-0.15, -0.1) is 0 Å². The lowest BCUT2D eigenvalue weighted by molar-refractivity contribution is -0.149. The maximum atomic E-state index is 12.2. The molecule has 0 saturated heterocycles. The minimum absolute atomic E-state index is 0.464. The molecule has 1 aliphatic rings. The van der Waals surface area contributed by atoms with Crippen LogP contribution in [0.3, 0.4) is 0 Å². The monoisotopic (exact) mass is 384 g/mol. The van der Waals surface area contributed by atoms with E-state index in [1.54, 1.807) is 6.92 Å². The second-order valence-corrected chi connectivity index (χ2v) is 7.99. The van der Waals surface area contributed by atoms with Crippen LogP contribution in [0.4, 0.5) is 4.79 Å². The molecule has 144 valence electrons. The molecule has 7 nitrogen and oxygen atoms in total. The minimum Gasteiger partial charge on any atom is -0.462 e. The van der Waals surface area contributed by atoms with Crippen LogP contribution in [0, 0.1) is 5.92 Å². The van der Waals surface area contributed by atoms with E-state index in [0.29, 0.717) is 5.92 Å². The Bertz CT molecular complexity index is 696. The molecule has 1 aromatic carbocycles. The van der Waals surface area contributed by atoms with Crippen molar-refractivity contribution >= 4 is 27.1 Å². The van der Waals surface area contributed by atoms with Gasteiger partial charge in [0.05, 0.1) is 16.7 Å². The summed E-state index contributed by atoms with van der Waals surface area (Å²) < 4.78 is 19.1. The fourth-order valence-electron chi connectivity index (χ4n) is 2.57. The van der Waals surface area contributed by atoms with Gasteiger partial charge in [-0.05, 0) is 30.4 Å². The first-order chi connectivity index (χ1) is 12.2. The molecule has 2 rings (SSSR count). The van der Waals surface area contributed by atoms with Crippen LogP contribution in [-0.2, 0) is 20.7 Å². The molecule has 0 aliphatic carbocycles. The molecule has 1 heterocycles. The molecule has 3 N–H and O–H groups in total. The van der Waals surface area contributed by atoms with Gasteiger partial charge in [0.25, 0.3) is 0 Å². The van der Waals surface area contributed by atoms with Gasteiger partial charge >= 0.3 is 11.3 Å². The van der Waals surface area contributed by atoms with E-state index in [4.69, 9.17) is 4.74 Å². The van der Waals surface area contributed by atoms with Crippen LogP contribution in [0.1, 0.15) is 37.8 Å². The van der Waals surface area contributed by atoms with Crippen molar-refractivity contribution in [1.82, 2.24) is 0 Å². The van der Waals surface area contributed by atoms with Crippen molar-refractivity contribution in [2.45, 2.75) is 45.3 Å². The lowest BCUT2D eigenvalue weighted by atomic mass is 9.97. The second kappa shape index (κ2) is 8.77. The Hall–Kier alpha value is -1.74. The molecule has 0 saturated carbocycles. The third-order valence-corrected chi connectivity index (χ3v) is 5.09. The van der Waals surface area contributed by atoms with E-state index in [1.165, 1.54) is 5.56 Å². The van der Waals surface area contributed by atoms with E-state index in [1.807, 2.05) is 24.3 Å². The molecule has 0 radical (unpaired) electrons. The third-order valence-electron chi connectivity index (χ3n) is 4.05. The average Bonchev–Trinajstić information content (AvgIpc) is 2.86. The highest BCUT2D eigenvalue weighted by Gasteiger charge is 2.38. The summed E-state index contributed by atoms with van der Waals surface area (Å²) in [5, 5.41) is 17.8. The van der Waals surface area contributed by atoms with Crippen molar-refractivity contribution in [1.29, 1.82) is 0 Å². The van der Waals surface area contributed by atoms with Crippen molar-refractivity contribution in [3.63, 3.8) is 0 Å². The molecule has 1 aromatic rings. The minimum atomic E-state index is -2.06. The number of rotatable bonds is 7. The van der Waals surface area contributed by atoms with Gasteiger partial charge in [0.15, 0.2) is 11.2 Å². The predicted octanol–water partition coefficient (Wildman–Crippen LogP) is 2.84. The molecular formula is C18H24O7S. The number of aliphatic hydroxyl groups is 2. The summed E-state index contributed by atoms with van der Waals surface area (Å²) in [6, 6.07) is 7.69. The predicted molar refractivity (Wildman–Crippen MR) is 98.5 cm³/mol. The fraction of sp³-hybridized carbons (Fsp3) is 0.500. The van der Waals surface area contributed by atoms with Crippen molar-refractivity contribution < 1.29 is 33.8 Å². The number of carbonyl (C=O) groups excluding carboxylic acids is 2. The normalized spacial score (nSPS) is 22.3. The van der Waals surface area contributed by atoms with Crippen LogP contribution in [-0.4, -0.2) is 49.9 Å². The molecule has 0 spiro atoms. The molecule has 26 heavy (non-hydrogen) atoms. The first kappa shape index (κ1) is 20.6. The number of benzene rings is 1. The van der Waals surface area contributed by atoms with Crippen LogP contribution in [0.5, 0.6) is 0 Å². The first-order valence-corrected chi connectivity index (χ1v) is 9.52. The van der Waals surface area contributed by atoms with Gasteiger partial charge in [-0.3, -0.25) is 4.79 Å². The number of cyclic esters (lactones) is 1. The number of esters is 1. The molecule has 1 aliphatic heterocycles. The van der Waals surface area contributed by atoms with Gasteiger partial charge in [-0.1, -0.05) is 38.1 Å². The van der Waals surface area contributed by atoms with E-state index < -0.39 is 51.8 Å². The first-order valence-electron chi connectivity index (χ1n) is 8.34. The van der Waals surface area contributed by atoms with Crippen LogP contribution < -0.4 is 0 Å². The van der Waals surface area contributed by atoms with E-state index >= 15 is 0 Å². The van der Waals surface area contributed by atoms with Crippen LogP contribution in [0.15, 0.2) is 24.3 Å². The molecule has 0 fully saturated rings. The summed E-state index contributed by atoms with van der Waals surface area (Å²) in [5.74, 6) is -0.541. The van der Waals surface area contributed by atoms with Crippen molar-refractivity contribution in [2.75, 3.05) is 6.61 Å². The summed E-state index contributed by atoms with van der Waals surface area (Å²) >= 11 is 0. The third kappa shape index (κ3) is 4.91. The van der Waals surface area contributed by atoms with Gasteiger partial charge in [0.1, 0.15) is 12.7 Å². The Morgan fingerprint density at radius 3 is 2.38 bits per heavy atom. The van der Waals surface area contributed by atoms with E-state index in [2.05, 4.69) is 18.6 Å². The molecule has 0 bridgehead atoms. The van der Waals surface area contributed by atoms with Crippen molar-refractivity contribution in [3.8, 4) is 0 Å². The Morgan fingerprint density at radius 2 is 1.88 bits per heavy atom. The number of carbonyl (C=O) groups is 2.